The van der Waals surface area contributed by atoms with Gasteiger partial charge >= 0.3 is 5.97 Å². The molecular formula is C17H22FNO3. The van der Waals surface area contributed by atoms with Crippen molar-refractivity contribution in [2.24, 2.45) is 5.92 Å². The smallest absolute Gasteiger partial charge is 0.305 e. The summed E-state index contributed by atoms with van der Waals surface area (Å²) in [4.78, 5) is 24.4. The van der Waals surface area contributed by atoms with Crippen LogP contribution in [0, 0.1) is 11.7 Å². The van der Waals surface area contributed by atoms with E-state index >= 15 is 0 Å². The minimum absolute atomic E-state index is 0.0554. The number of carboxylic acids is 1. The Labute approximate surface area is 130 Å². The number of halogens is 1. The van der Waals surface area contributed by atoms with Crippen molar-refractivity contribution < 1.29 is 19.1 Å². The summed E-state index contributed by atoms with van der Waals surface area (Å²) in [5.74, 6) is -1.04. The van der Waals surface area contributed by atoms with Gasteiger partial charge in [-0.25, -0.2) is 4.39 Å². The van der Waals surface area contributed by atoms with Crippen LogP contribution in [0.4, 0.5) is 4.39 Å². The molecule has 1 aromatic rings. The van der Waals surface area contributed by atoms with E-state index in [0.717, 1.165) is 5.56 Å². The molecule has 0 aromatic heterocycles. The van der Waals surface area contributed by atoms with Crippen LogP contribution in [0.15, 0.2) is 30.3 Å². The average molecular weight is 307 g/mol. The molecule has 0 saturated carbocycles. The van der Waals surface area contributed by atoms with Gasteiger partial charge in [0.2, 0.25) is 5.91 Å². The highest BCUT2D eigenvalue weighted by Crippen LogP contribution is 2.07. The summed E-state index contributed by atoms with van der Waals surface area (Å²) < 4.78 is 12.8. The number of hydrogen-bond acceptors (Lipinski definition) is 2. The summed E-state index contributed by atoms with van der Waals surface area (Å²) in [6, 6.07) is 5.98. The van der Waals surface area contributed by atoms with Crippen molar-refractivity contribution in [3.05, 3.63) is 41.7 Å². The minimum Gasteiger partial charge on any atom is -0.481 e. The molecule has 1 amide bonds. The molecule has 120 valence electrons. The zero-order valence-electron chi connectivity index (χ0n) is 13.0. The Balaban J connectivity index is 2.57. The fourth-order valence-electron chi connectivity index (χ4n) is 1.99. The van der Waals surface area contributed by atoms with Crippen LogP contribution >= 0.6 is 0 Å². The third kappa shape index (κ3) is 7.02. The zero-order chi connectivity index (χ0) is 16.5. The first-order chi connectivity index (χ1) is 10.4. The van der Waals surface area contributed by atoms with Gasteiger partial charge in [-0.3, -0.25) is 9.59 Å². The van der Waals surface area contributed by atoms with Crippen molar-refractivity contribution in [2.45, 2.75) is 26.7 Å². The molecule has 0 bridgehead atoms. The second-order valence-corrected chi connectivity index (χ2v) is 5.54. The fourth-order valence-corrected chi connectivity index (χ4v) is 1.99. The van der Waals surface area contributed by atoms with Crippen molar-refractivity contribution in [3.8, 4) is 0 Å². The van der Waals surface area contributed by atoms with Gasteiger partial charge in [0.25, 0.3) is 0 Å². The summed E-state index contributed by atoms with van der Waals surface area (Å²) in [6.07, 6.45) is 3.61. The summed E-state index contributed by atoms with van der Waals surface area (Å²) >= 11 is 0. The molecule has 1 N–H and O–H groups in total. The number of carboxylic acid groups (broad SMARTS) is 1. The predicted octanol–water partition coefficient (Wildman–Crippen LogP) is 3.19. The molecule has 22 heavy (non-hydrogen) atoms. The van der Waals surface area contributed by atoms with Gasteiger partial charge < -0.3 is 10.0 Å². The van der Waals surface area contributed by atoms with Crippen LogP contribution in [-0.4, -0.2) is 35.0 Å². The number of hydrogen-bond donors (Lipinski definition) is 1. The number of nitrogens with zero attached hydrogens (tertiary/aromatic N) is 1. The third-order valence-corrected chi connectivity index (χ3v) is 3.01. The van der Waals surface area contributed by atoms with Gasteiger partial charge in [0, 0.05) is 19.5 Å². The number of carbonyl (C=O) groups is 2. The lowest BCUT2D eigenvalue weighted by Crippen LogP contribution is -2.35. The molecule has 0 aliphatic rings. The standard InChI is InChI=1S/C17H22FNO3/c1-13(2)12-19(11-10-17(21)22)16(20)5-3-4-14-6-8-15(18)9-7-14/h3-4,6-9,13H,5,10-12H2,1-2H3,(H,21,22)/b4-3+. The Morgan fingerprint density at radius 2 is 1.91 bits per heavy atom. The summed E-state index contributed by atoms with van der Waals surface area (Å²) in [7, 11) is 0. The lowest BCUT2D eigenvalue weighted by molar-refractivity contribution is -0.138. The first kappa shape index (κ1) is 17.9. The second-order valence-electron chi connectivity index (χ2n) is 5.54. The van der Waals surface area contributed by atoms with E-state index in [1.165, 1.54) is 12.1 Å². The molecule has 4 nitrogen and oxygen atoms in total. The van der Waals surface area contributed by atoms with E-state index in [-0.39, 0.29) is 37.0 Å². The number of aliphatic carboxylic acids is 1. The molecule has 0 heterocycles. The highest BCUT2D eigenvalue weighted by Gasteiger charge is 2.14. The van der Waals surface area contributed by atoms with E-state index in [1.807, 2.05) is 13.8 Å². The average Bonchev–Trinajstić information content (AvgIpc) is 2.45. The number of rotatable bonds is 8. The summed E-state index contributed by atoms with van der Waals surface area (Å²) in [5.41, 5.74) is 0.815. The second kappa shape index (κ2) is 8.97. The van der Waals surface area contributed by atoms with Crippen LogP contribution in [0.2, 0.25) is 0 Å². The van der Waals surface area contributed by atoms with Gasteiger partial charge in [-0.2, -0.15) is 0 Å². The van der Waals surface area contributed by atoms with Crippen molar-refractivity contribution in [1.82, 2.24) is 4.90 Å². The third-order valence-electron chi connectivity index (χ3n) is 3.01. The molecule has 0 spiro atoms. The molecule has 0 unspecified atom stereocenters. The van der Waals surface area contributed by atoms with Crippen LogP contribution < -0.4 is 0 Å². The number of carbonyl (C=O) groups excluding carboxylic acids is 1. The van der Waals surface area contributed by atoms with E-state index in [1.54, 1.807) is 29.2 Å². The molecule has 0 radical (unpaired) electrons. The van der Waals surface area contributed by atoms with Gasteiger partial charge in [0.05, 0.1) is 6.42 Å². The van der Waals surface area contributed by atoms with Gasteiger partial charge in [-0.15, -0.1) is 0 Å². The molecule has 0 aliphatic carbocycles. The van der Waals surface area contributed by atoms with Gasteiger partial charge in [-0.1, -0.05) is 38.1 Å². The molecule has 5 heteroatoms. The molecular weight excluding hydrogens is 285 g/mol. The largest absolute Gasteiger partial charge is 0.481 e. The Hall–Kier alpha value is -2.17. The monoisotopic (exact) mass is 307 g/mol. The van der Waals surface area contributed by atoms with E-state index < -0.39 is 5.97 Å². The lowest BCUT2D eigenvalue weighted by Gasteiger charge is -2.23. The van der Waals surface area contributed by atoms with Crippen molar-refractivity contribution in [3.63, 3.8) is 0 Å². The molecule has 0 aliphatic heterocycles. The Bertz CT molecular complexity index is 523. The van der Waals surface area contributed by atoms with E-state index in [2.05, 4.69) is 0 Å². The fraction of sp³-hybridized carbons (Fsp3) is 0.412. The zero-order valence-corrected chi connectivity index (χ0v) is 13.0. The van der Waals surface area contributed by atoms with Crippen molar-refractivity contribution >= 4 is 18.0 Å². The first-order valence-corrected chi connectivity index (χ1v) is 7.30. The Morgan fingerprint density at radius 1 is 1.27 bits per heavy atom. The maximum absolute atomic E-state index is 12.8. The minimum atomic E-state index is -0.914. The molecule has 1 rings (SSSR count). The van der Waals surface area contributed by atoms with Crippen LogP contribution in [0.3, 0.4) is 0 Å². The lowest BCUT2D eigenvalue weighted by atomic mass is 10.1. The maximum Gasteiger partial charge on any atom is 0.305 e. The van der Waals surface area contributed by atoms with E-state index in [9.17, 15) is 14.0 Å². The molecule has 1 aromatic carbocycles. The quantitative estimate of drug-likeness (QED) is 0.802. The van der Waals surface area contributed by atoms with E-state index in [4.69, 9.17) is 5.11 Å². The highest BCUT2D eigenvalue weighted by molar-refractivity contribution is 5.79. The van der Waals surface area contributed by atoms with Gasteiger partial charge in [0.15, 0.2) is 0 Å². The van der Waals surface area contributed by atoms with Crippen LogP contribution in [0.25, 0.3) is 6.08 Å². The van der Waals surface area contributed by atoms with Gasteiger partial charge in [0.1, 0.15) is 5.82 Å². The van der Waals surface area contributed by atoms with Crippen LogP contribution in [0.5, 0.6) is 0 Å². The highest BCUT2D eigenvalue weighted by atomic mass is 19.1. The topological polar surface area (TPSA) is 57.6 Å². The maximum atomic E-state index is 12.8. The first-order valence-electron chi connectivity index (χ1n) is 7.30. The normalized spacial score (nSPS) is 11.1. The summed E-state index contributed by atoms with van der Waals surface area (Å²) in [6.45, 7) is 4.72. The van der Waals surface area contributed by atoms with Gasteiger partial charge in [-0.05, 0) is 23.6 Å². The van der Waals surface area contributed by atoms with Crippen LogP contribution in [-0.2, 0) is 9.59 Å². The predicted molar refractivity (Wildman–Crippen MR) is 83.7 cm³/mol. The summed E-state index contributed by atoms with van der Waals surface area (Å²) in [5, 5.41) is 8.74. The Kier molecular flexibility index (Phi) is 7.29. The van der Waals surface area contributed by atoms with Crippen LogP contribution in [0.1, 0.15) is 32.3 Å². The molecule has 0 fully saturated rings. The number of amides is 1. The number of benzene rings is 1. The van der Waals surface area contributed by atoms with Crippen molar-refractivity contribution in [2.75, 3.05) is 13.1 Å². The Morgan fingerprint density at radius 3 is 2.45 bits per heavy atom. The van der Waals surface area contributed by atoms with Crippen molar-refractivity contribution in [1.29, 1.82) is 0 Å². The van der Waals surface area contributed by atoms with E-state index in [0.29, 0.717) is 6.54 Å². The SMILES string of the molecule is CC(C)CN(CCC(=O)O)C(=O)C/C=C/c1ccc(F)cc1. The molecule has 0 atom stereocenters. The molecule has 0 saturated heterocycles.